The van der Waals surface area contributed by atoms with Gasteiger partial charge in [0, 0.05) is 25.4 Å². The Kier molecular flexibility index (Phi) is 6.44. The number of aryl methyl sites for hydroxylation is 1. The third kappa shape index (κ3) is 4.48. The predicted molar refractivity (Wildman–Crippen MR) is 134 cm³/mol. The highest BCUT2D eigenvalue weighted by Crippen LogP contribution is 2.24. The quantitative estimate of drug-likeness (QED) is 0.426. The third-order valence-corrected chi connectivity index (χ3v) is 7.13. The minimum atomic E-state index is -0.524. The van der Waals surface area contributed by atoms with E-state index in [9.17, 15) is 9.90 Å². The molecule has 3 unspecified atom stereocenters. The van der Waals surface area contributed by atoms with E-state index in [1.807, 2.05) is 59.9 Å². The van der Waals surface area contributed by atoms with E-state index in [-0.39, 0.29) is 17.8 Å². The fraction of sp³-hybridized carbons (Fsp3) is 0.400. The molecule has 2 aromatic carbocycles. The summed E-state index contributed by atoms with van der Waals surface area (Å²) in [6.07, 6.45) is -0.202. The number of rotatable bonds is 6. The standard InChI is InChI=1S/C25H29N5O3S/c1-16-8-10-19(11-9-16)29-23(32)21-6-4-5-7-22(21)30-24(29)26-27-25(30)34-15-20(31)14-28-12-17(2)33-18(3)13-28/h4-11,17-18,20,31H,12-15H2,1-3H3. The Balaban J connectivity index is 1.47. The summed E-state index contributed by atoms with van der Waals surface area (Å²) in [4.78, 5) is 15.6. The maximum Gasteiger partial charge on any atom is 0.267 e. The molecule has 178 valence electrons. The zero-order valence-electron chi connectivity index (χ0n) is 19.6. The number of hydrogen-bond donors (Lipinski definition) is 1. The monoisotopic (exact) mass is 479 g/mol. The van der Waals surface area contributed by atoms with Crippen molar-refractivity contribution in [3.8, 4) is 5.69 Å². The number of aliphatic hydroxyl groups is 1. The van der Waals surface area contributed by atoms with Crippen LogP contribution in [0.4, 0.5) is 0 Å². The second-order valence-corrected chi connectivity index (χ2v) is 10.0. The molecule has 0 radical (unpaired) electrons. The highest BCUT2D eigenvalue weighted by molar-refractivity contribution is 7.99. The molecule has 1 fully saturated rings. The minimum Gasteiger partial charge on any atom is -0.391 e. The van der Waals surface area contributed by atoms with Gasteiger partial charge in [-0.05, 0) is 45.0 Å². The first-order chi connectivity index (χ1) is 16.4. The zero-order valence-corrected chi connectivity index (χ0v) is 20.4. The number of β-amino-alcohol motifs (C(OH)–C–C–N with tert-alkyl or cyclic N) is 1. The van der Waals surface area contributed by atoms with Crippen LogP contribution in [0.2, 0.25) is 0 Å². The first-order valence-electron chi connectivity index (χ1n) is 11.6. The van der Waals surface area contributed by atoms with Gasteiger partial charge in [0.15, 0.2) is 5.16 Å². The van der Waals surface area contributed by atoms with Crippen molar-refractivity contribution < 1.29 is 9.84 Å². The summed E-state index contributed by atoms with van der Waals surface area (Å²) in [5.74, 6) is 0.930. The van der Waals surface area contributed by atoms with E-state index in [2.05, 4.69) is 28.9 Å². The van der Waals surface area contributed by atoms with Gasteiger partial charge in [0.1, 0.15) is 0 Å². The summed E-state index contributed by atoms with van der Waals surface area (Å²) >= 11 is 1.45. The van der Waals surface area contributed by atoms with Crippen LogP contribution in [0.5, 0.6) is 0 Å². The largest absolute Gasteiger partial charge is 0.391 e. The van der Waals surface area contributed by atoms with Crippen molar-refractivity contribution in [2.75, 3.05) is 25.4 Å². The predicted octanol–water partition coefficient (Wildman–Crippen LogP) is 2.90. The van der Waals surface area contributed by atoms with Crippen LogP contribution in [0.1, 0.15) is 19.4 Å². The molecule has 5 rings (SSSR count). The number of ether oxygens (including phenoxy) is 1. The number of morpholine rings is 1. The molecule has 34 heavy (non-hydrogen) atoms. The van der Waals surface area contributed by atoms with Gasteiger partial charge in [-0.15, -0.1) is 10.2 Å². The molecule has 8 nitrogen and oxygen atoms in total. The third-order valence-electron chi connectivity index (χ3n) is 6.06. The summed E-state index contributed by atoms with van der Waals surface area (Å²) < 4.78 is 9.30. The molecule has 0 aliphatic carbocycles. The number of fused-ring (bicyclic) bond motifs is 3. The van der Waals surface area contributed by atoms with E-state index >= 15 is 0 Å². The van der Waals surface area contributed by atoms with Gasteiger partial charge in [0.2, 0.25) is 5.78 Å². The summed E-state index contributed by atoms with van der Waals surface area (Å²) in [5.41, 5.74) is 2.48. The molecule has 0 amide bonds. The molecule has 2 aromatic heterocycles. The molecule has 1 aliphatic heterocycles. The van der Waals surface area contributed by atoms with Gasteiger partial charge in [-0.2, -0.15) is 0 Å². The van der Waals surface area contributed by atoms with Crippen LogP contribution >= 0.6 is 11.8 Å². The van der Waals surface area contributed by atoms with E-state index in [4.69, 9.17) is 4.74 Å². The van der Waals surface area contributed by atoms with E-state index in [1.54, 1.807) is 4.57 Å². The molecule has 4 aromatic rings. The van der Waals surface area contributed by atoms with E-state index < -0.39 is 6.10 Å². The topological polar surface area (TPSA) is 84.9 Å². The smallest absolute Gasteiger partial charge is 0.267 e. The summed E-state index contributed by atoms with van der Waals surface area (Å²) in [6.45, 7) is 8.34. The summed E-state index contributed by atoms with van der Waals surface area (Å²) in [6, 6.07) is 15.3. The second kappa shape index (κ2) is 9.50. The van der Waals surface area contributed by atoms with Crippen molar-refractivity contribution in [3.05, 3.63) is 64.4 Å². The van der Waals surface area contributed by atoms with E-state index in [0.717, 1.165) is 29.9 Å². The van der Waals surface area contributed by atoms with Crippen molar-refractivity contribution in [1.82, 2.24) is 24.1 Å². The van der Waals surface area contributed by atoms with Gasteiger partial charge in [0.05, 0.1) is 34.9 Å². The van der Waals surface area contributed by atoms with E-state index in [1.165, 1.54) is 11.8 Å². The molecule has 1 saturated heterocycles. The number of nitrogens with zero attached hydrogens (tertiary/aromatic N) is 5. The average Bonchev–Trinajstić information content (AvgIpc) is 3.22. The maximum atomic E-state index is 13.4. The fourth-order valence-electron chi connectivity index (χ4n) is 4.65. The lowest BCUT2D eigenvalue weighted by Gasteiger charge is -2.36. The van der Waals surface area contributed by atoms with Gasteiger partial charge in [-0.25, -0.2) is 4.57 Å². The van der Waals surface area contributed by atoms with Crippen molar-refractivity contribution >= 4 is 28.4 Å². The molecule has 0 spiro atoms. The molecular formula is C25H29N5O3S. The lowest BCUT2D eigenvalue weighted by atomic mass is 10.2. The molecule has 0 bridgehead atoms. The Morgan fingerprint density at radius 1 is 1.09 bits per heavy atom. The molecule has 9 heteroatoms. The molecule has 1 aliphatic rings. The Bertz CT molecular complexity index is 1360. The lowest BCUT2D eigenvalue weighted by Crippen LogP contribution is -2.48. The van der Waals surface area contributed by atoms with Crippen LogP contribution in [0.15, 0.2) is 58.5 Å². The van der Waals surface area contributed by atoms with Crippen molar-refractivity contribution in [2.45, 2.75) is 44.2 Å². The van der Waals surface area contributed by atoms with Crippen molar-refractivity contribution in [1.29, 1.82) is 0 Å². The number of aromatic nitrogens is 4. The number of aliphatic hydroxyl groups excluding tert-OH is 1. The normalized spacial score (nSPS) is 20.2. The Morgan fingerprint density at radius 3 is 2.53 bits per heavy atom. The number of benzene rings is 2. The Morgan fingerprint density at radius 2 is 1.79 bits per heavy atom. The summed E-state index contributed by atoms with van der Waals surface area (Å²) in [7, 11) is 0. The Hall–Kier alpha value is -2.72. The van der Waals surface area contributed by atoms with E-state index in [0.29, 0.717) is 28.6 Å². The van der Waals surface area contributed by atoms with Gasteiger partial charge in [-0.3, -0.25) is 14.1 Å². The lowest BCUT2D eigenvalue weighted by molar-refractivity contribution is -0.0750. The molecule has 3 heterocycles. The van der Waals surface area contributed by atoms with Gasteiger partial charge >= 0.3 is 0 Å². The fourth-order valence-corrected chi connectivity index (χ4v) is 5.51. The molecule has 1 N–H and O–H groups in total. The highest BCUT2D eigenvalue weighted by atomic mass is 32.2. The van der Waals surface area contributed by atoms with Crippen molar-refractivity contribution in [3.63, 3.8) is 0 Å². The van der Waals surface area contributed by atoms with Crippen LogP contribution < -0.4 is 5.56 Å². The number of para-hydroxylation sites is 1. The Labute approximate surface area is 202 Å². The van der Waals surface area contributed by atoms with Crippen molar-refractivity contribution in [2.24, 2.45) is 0 Å². The molecule has 3 atom stereocenters. The maximum absolute atomic E-state index is 13.4. The van der Waals surface area contributed by atoms with Crippen LogP contribution in [-0.2, 0) is 4.74 Å². The van der Waals surface area contributed by atoms with Gasteiger partial charge < -0.3 is 9.84 Å². The average molecular weight is 480 g/mol. The van der Waals surface area contributed by atoms with Crippen LogP contribution in [0, 0.1) is 6.92 Å². The zero-order chi connectivity index (χ0) is 23.8. The molecular weight excluding hydrogens is 450 g/mol. The van der Waals surface area contributed by atoms with Crippen LogP contribution in [-0.4, -0.2) is 72.9 Å². The number of thioether (sulfide) groups is 1. The van der Waals surface area contributed by atoms with Crippen LogP contribution in [0.3, 0.4) is 0 Å². The number of hydrogen-bond acceptors (Lipinski definition) is 7. The minimum absolute atomic E-state index is 0.133. The van der Waals surface area contributed by atoms with Crippen LogP contribution in [0.25, 0.3) is 22.4 Å². The second-order valence-electron chi connectivity index (χ2n) is 9.05. The summed E-state index contributed by atoms with van der Waals surface area (Å²) in [5, 5.41) is 20.8. The molecule has 0 saturated carbocycles. The highest BCUT2D eigenvalue weighted by Gasteiger charge is 2.24. The van der Waals surface area contributed by atoms with Gasteiger partial charge in [-0.1, -0.05) is 41.6 Å². The first-order valence-corrected chi connectivity index (χ1v) is 12.5. The van der Waals surface area contributed by atoms with Gasteiger partial charge in [0.25, 0.3) is 5.56 Å². The first kappa shape index (κ1) is 23.0. The SMILES string of the molecule is Cc1ccc(-n2c(=O)c3ccccc3n3c(SCC(O)CN4CC(C)OC(C)C4)nnc23)cc1.